The Kier molecular flexibility index (Phi) is 12.1. The lowest BCUT2D eigenvalue weighted by molar-refractivity contribution is 0.0946. The van der Waals surface area contributed by atoms with E-state index in [0.29, 0.717) is 35.6 Å². The van der Waals surface area contributed by atoms with Crippen LogP contribution < -0.4 is 15.0 Å². The first-order chi connectivity index (χ1) is 17.0. The van der Waals surface area contributed by atoms with Crippen LogP contribution in [0.4, 0.5) is 5.69 Å². The number of anilines is 1. The topological polar surface area (TPSA) is 65.0 Å². The number of nitrogens with one attached hydrogen (secondary N) is 1. The minimum Gasteiger partial charge on any atom is -0.508 e. The van der Waals surface area contributed by atoms with Crippen molar-refractivity contribution in [3.63, 3.8) is 0 Å². The highest BCUT2D eigenvalue weighted by molar-refractivity contribution is 5.94. The molecule has 1 aliphatic heterocycles. The van der Waals surface area contributed by atoms with E-state index in [2.05, 4.69) is 35.0 Å². The van der Waals surface area contributed by atoms with Crippen molar-refractivity contribution in [2.45, 2.75) is 26.3 Å². The lowest BCUT2D eigenvalue weighted by Gasteiger charge is -2.41. The van der Waals surface area contributed by atoms with Crippen LogP contribution in [0.5, 0.6) is 17.2 Å². The smallest absolute Gasteiger partial charge is 0.251 e. The molecule has 3 aromatic rings. The SMILES string of the molecule is CC(CCN1CCN(c2cccc(O)c2)[C@@H](C)C1)CNC(=O)c1ccc(Oc2ccccc2)cc1.Cl.Cl. The van der Waals surface area contributed by atoms with Crippen LogP contribution in [0.1, 0.15) is 30.6 Å². The molecule has 0 aromatic heterocycles. The van der Waals surface area contributed by atoms with Crippen molar-refractivity contribution in [1.82, 2.24) is 10.2 Å². The van der Waals surface area contributed by atoms with Gasteiger partial charge >= 0.3 is 0 Å². The highest BCUT2D eigenvalue weighted by Crippen LogP contribution is 2.25. The molecule has 6 nitrogen and oxygen atoms in total. The van der Waals surface area contributed by atoms with E-state index in [4.69, 9.17) is 4.74 Å². The molecule has 4 rings (SSSR count). The fourth-order valence-electron chi connectivity index (χ4n) is 4.46. The number of hydrogen-bond donors (Lipinski definition) is 2. The molecule has 1 aliphatic rings. The van der Waals surface area contributed by atoms with E-state index in [-0.39, 0.29) is 30.7 Å². The third-order valence-corrected chi connectivity index (χ3v) is 6.52. The zero-order chi connectivity index (χ0) is 24.6. The number of halogens is 2. The summed E-state index contributed by atoms with van der Waals surface area (Å²) in [6.45, 7) is 9.02. The Balaban J connectivity index is 0.00000241. The van der Waals surface area contributed by atoms with Crippen LogP contribution in [0.25, 0.3) is 0 Å². The second kappa shape index (κ2) is 14.7. The van der Waals surface area contributed by atoms with Crippen LogP contribution in [0, 0.1) is 5.92 Å². The van der Waals surface area contributed by atoms with Crippen molar-refractivity contribution >= 4 is 36.4 Å². The number of benzene rings is 3. The van der Waals surface area contributed by atoms with Crippen LogP contribution in [0.15, 0.2) is 78.9 Å². The molecule has 37 heavy (non-hydrogen) atoms. The van der Waals surface area contributed by atoms with E-state index >= 15 is 0 Å². The zero-order valence-electron chi connectivity index (χ0n) is 21.4. The first-order valence-corrected chi connectivity index (χ1v) is 12.4. The van der Waals surface area contributed by atoms with Gasteiger partial charge in [0, 0.05) is 49.5 Å². The van der Waals surface area contributed by atoms with Crippen molar-refractivity contribution in [2.75, 3.05) is 37.6 Å². The van der Waals surface area contributed by atoms with Gasteiger partial charge in [-0.15, -0.1) is 24.8 Å². The maximum absolute atomic E-state index is 12.6. The average Bonchev–Trinajstić information content (AvgIpc) is 2.87. The summed E-state index contributed by atoms with van der Waals surface area (Å²) in [5, 5.41) is 12.9. The lowest BCUT2D eigenvalue weighted by Crippen LogP contribution is -2.52. The standard InChI is InChI=1S/C29H35N3O3.2ClH/c1-22(15-16-31-17-18-32(23(2)21-31)25-7-6-8-26(33)19-25)20-30-29(34)24-11-13-28(14-12-24)35-27-9-4-3-5-10-27;;/h3-14,19,22-23,33H,15-18,20-21H2,1-2H3,(H,30,34);2*1H/t22?,23-;;/m0../s1. The Morgan fingerprint density at radius 1 is 1.00 bits per heavy atom. The molecule has 2 N–H and O–H groups in total. The fraction of sp³-hybridized carbons (Fsp3) is 0.345. The molecule has 1 heterocycles. The van der Waals surface area contributed by atoms with E-state index < -0.39 is 0 Å². The van der Waals surface area contributed by atoms with E-state index in [9.17, 15) is 9.90 Å². The molecule has 1 amide bonds. The number of rotatable bonds is 9. The Bertz CT molecular complexity index is 1100. The Labute approximate surface area is 232 Å². The van der Waals surface area contributed by atoms with Crippen LogP contribution >= 0.6 is 24.8 Å². The molecule has 0 bridgehead atoms. The molecule has 1 fully saturated rings. The summed E-state index contributed by atoms with van der Waals surface area (Å²) in [7, 11) is 0. The first kappa shape index (κ1) is 30.3. The second-order valence-corrected chi connectivity index (χ2v) is 9.41. The summed E-state index contributed by atoms with van der Waals surface area (Å²) in [6, 6.07) is 24.7. The minimum absolute atomic E-state index is 0. The monoisotopic (exact) mass is 545 g/mol. The molecule has 1 unspecified atom stereocenters. The summed E-state index contributed by atoms with van der Waals surface area (Å²) in [5.74, 6) is 2.12. The quantitative estimate of drug-likeness (QED) is 0.345. The van der Waals surface area contributed by atoms with Crippen molar-refractivity contribution in [3.05, 3.63) is 84.4 Å². The molecule has 0 spiro atoms. The number of phenols is 1. The number of carbonyl (C=O) groups is 1. The second-order valence-electron chi connectivity index (χ2n) is 9.41. The van der Waals surface area contributed by atoms with Gasteiger partial charge in [-0.05, 0) is 74.3 Å². The lowest BCUT2D eigenvalue weighted by atomic mass is 10.1. The van der Waals surface area contributed by atoms with E-state index in [1.54, 1.807) is 18.2 Å². The normalized spacial score (nSPS) is 16.2. The maximum atomic E-state index is 12.6. The van der Waals surface area contributed by atoms with Gasteiger partial charge in [0.05, 0.1) is 0 Å². The van der Waals surface area contributed by atoms with Crippen molar-refractivity contribution in [1.29, 1.82) is 0 Å². The number of ether oxygens (including phenoxy) is 1. The molecule has 8 heteroatoms. The molecular formula is C29H37Cl2N3O3. The number of piperazine rings is 1. The van der Waals surface area contributed by atoms with Gasteiger partial charge in [-0.3, -0.25) is 9.69 Å². The number of carbonyl (C=O) groups excluding carboxylic acids is 1. The van der Waals surface area contributed by atoms with Gasteiger partial charge in [0.15, 0.2) is 0 Å². The van der Waals surface area contributed by atoms with Crippen LogP contribution in [-0.2, 0) is 0 Å². The van der Waals surface area contributed by atoms with Gasteiger partial charge in [0.25, 0.3) is 5.91 Å². The van der Waals surface area contributed by atoms with Gasteiger partial charge in [-0.2, -0.15) is 0 Å². The fourth-order valence-corrected chi connectivity index (χ4v) is 4.46. The molecule has 0 saturated carbocycles. The maximum Gasteiger partial charge on any atom is 0.251 e. The molecule has 200 valence electrons. The third kappa shape index (κ3) is 8.85. The van der Waals surface area contributed by atoms with Gasteiger partial charge in [0.2, 0.25) is 0 Å². The summed E-state index contributed by atoms with van der Waals surface area (Å²) in [6.07, 6.45) is 1.03. The first-order valence-electron chi connectivity index (χ1n) is 12.4. The van der Waals surface area contributed by atoms with Crippen LogP contribution in [0.2, 0.25) is 0 Å². The van der Waals surface area contributed by atoms with Gasteiger partial charge in [-0.25, -0.2) is 0 Å². The van der Waals surface area contributed by atoms with Crippen molar-refractivity contribution < 1.29 is 14.6 Å². The molecule has 0 aliphatic carbocycles. The van der Waals surface area contributed by atoms with Gasteiger partial charge < -0.3 is 20.1 Å². The molecule has 0 radical (unpaired) electrons. The van der Waals surface area contributed by atoms with Gasteiger partial charge in [-0.1, -0.05) is 31.2 Å². The largest absolute Gasteiger partial charge is 0.508 e. The van der Waals surface area contributed by atoms with E-state index in [1.165, 1.54) is 0 Å². The molecular weight excluding hydrogens is 509 g/mol. The summed E-state index contributed by atoms with van der Waals surface area (Å²) in [5.41, 5.74) is 1.71. The van der Waals surface area contributed by atoms with E-state index in [1.807, 2.05) is 54.6 Å². The number of phenolic OH excluding ortho intramolecular Hbond substituents is 1. The summed E-state index contributed by atoms with van der Waals surface area (Å²) < 4.78 is 5.79. The number of hydrogen-bond acceptors (Lipinski definition) is 5. The zero-order valence-corrected chi connectivity index (χ0v) is 23.0. The molecule has 1 saturated heterocycles. The highest BCUT2D eigenvalue weighted by atomic mass is 35.5. The van der Waals surface area contributed by atoms with Crippen molar-refractivity contribution in [3.8, 4) is 17.2 Å². The summed E-state index contributed by atoms with van der Waals surface area (Å²) in [4.78, 5) is 17.4. The van der Waals surface area contributed by atoms with Crippen LogP contribution in [0.3, 0.4) is 0 Å². The predicted octanol–water partition coefficient (Wildman–Crippen LogP) is 5.99. The molecule has 2 atom stereocenters. The van der Waals surface area contributed by atoms with Crippen molar-refractivity contribution in [2.24, 2.45) is 5.92 Å². The van der Waals surface area contributed by atoms with Crippen LogP contribution in [-0.4, -0.2) is 54.7 Å². The van der Waals surface area contributed by atoms with Gasteiger partial charge in [0.1, 0.15) is 17.2 Å². The summed E-state index contributed by atoms with van der Waals surface area (Å²) >= 11 is 0. The minimum atomic E-state index is -0.0588. The number of nitrogens with zero attached hydrogens (tertiary/aromatic N) is 2. The Morgan fingerprint density at radius 2 is 1.70 bits per heavy atom. The third-order valence-electron chi connectivity index (χ3n) is 6.52. The van der Waals surface area contributed by atoms with E-state index in [0.717, 1.165) is 44.0 Å². The highest BCUT2D eigenvalue weighted by Gasteiger charge is 2.24. The Hall–Kier alpha value is -2.93. The molecule has 3 aromatic carbocycles. The Morgan fingerprint density at radius 3 is 2.38 bits per heavy atom. The predicted molar refractivity (Wildman–Crippen MR) is 155 cm³/mol. The number of para-hydroxylation sites is 1. The average molecular weight is 547 g/mol. The number of amides is 1. The number of aromatic hydroxyl groups is 1.